The van der Waals surface area contributed by atoms with Crippen LogP contribution in [0.2, 0.25) is 0 Å². The number of nitrogens with one attached hydrogen (secondary N) is 1. The highest BCUT2D eigenvalue weighted by molar-refractivity contribution is 5.87. The van der Waals surface area contributed by atoms with Crippen LogP contribution in [0.3, 0.4) is 0 Å². The molecule has 0 aliphatic heterocycles. The number of amides is 1. The fourth-order valence-corrected chi connectivity index (χ4v) is 1.77. The number of aliphatic hydroxyl groups excluding tert-OH is 1. The summed E-state index contributed by atoms with van der Waals surface area (Å²) in [4.78, 5) is 21.8. The van der Waals surface area contributed by atoms with Gasteiger partial charge in [-0.1, -0.05) is 30.3 Å². The second-order valence-corrected chi connectivity index (χ2v) is 4.55. The first-order valence-corrected chi connectivity index (χ1v) is 6.52. The van der Waals surface area contributed by atoms with Crippen LogP contribution in [0.5, 0.6) is 5.75 Å². The van der Waals surface area contributed by atoms with Gasteiger partial charge in [0.2, 0.25) is 0 Å². The summed E-state index contributed by atoms with van der Waals surface area (Å²) < 4.78 is 0. The topological polar surface area (TPSA) is 125 Å². The molecule has 8 nitrogen and oxygen atoms in total. The van der Waals surface area contributed by atoms with Crippen LogP contribution in [-0.4, -0.2) is 27.3 Å². The Kier molecular flexibility index (Phi) is 5.00. The van der Waals surface area contributed by atoms with Gasteiger partial charge < -0.3 is 10.2 Å². The summed E-state index contributed by atoms with van der Waals surface area (Å²) in [5.41, 5.74) is 2.35. The van der Waals surface area contributed by atoms with Crippen LogP contribution in [-0.2, 0) is 4.79 Å². The number of hydrazone groups is 1. The molecular weight excluding hydrogens is 302 g/mol. The second-order valence-electron chi connectivity index (χ2n) is 4.55. The number of aliphatic hydroxyl groups is 1. The highest BCUT2D eigenvalue weighted by Crippen LogP contribution is 2.21. The van der Waals surface area contributed by atoms with Crippen molar-refractivity contribution in [1.82, 2.24) is 5.43 Å². The Morgan fingerprint density at radius 2 is 1.96 bits per heavy atom. The lowest BCUT2D eigenvalue weighted by Gasteiger charge is -2.08. The van der Waals surface area contributed by atoms with E-state index in [4.69, 9.17) is 0 Å². The van der Waals surface area contributed by atoms with Crippen molar-refractivity contribution in [3.05, 3.63) is 69.8 Å². The Bertz CT molecular complexity index is 746. The van der Waals surface area contributed by atoms with Crippen molar-refractivity contribution in [2.45, 2.75) is 6.10 Å². The third-order valence-corrected chi connectivity index (χ3v) is 2.96. The van der Waals surface area contributed by atoms with Crippen LogP contribution < -0.4 is 5.43 Å². The van der Waals surface area contributed by atoms with Crippen molar-refractivity contribution < 1.29 is 19.9 Å². The van der Waals surface area contributed by atoms with Crippen molar-refractivity contribution in [3.8, 4) is 5.75 Å². The minimum absolute atomic E-state index is 0.0636. The molecule has 0 saturated carbocycles. The molecule has 3 N–H and O–H groups in total. The van der Waals surface area contributed by atoms with Gasteiger partial charge in [-0.3, -0.25) is 14.9 Å². The molecule has 0 aromatic heterocycles. The molecule has 0 heterocycles. The number of phenols is 1. The van der Waals surface area contributed by atoms with Crippen molar-refractivity contribution in [2.24, 2.45) is 5.10 Å². The molecule has 0 aliphatic rings. The molecule has 0 radical (unpaired) electrons. The molecule has 0 fully saturated rings. The molecular formula is C15H13N3O5. The Labute approximate surface area is 130 Å². The summed E-state index contributed by atoms with van der Waals surface area (Å²) in [5.74, 6) is -0.991. The maximum Gasteiger partial charge on any atom is 0.273 e. The third-order valence-electron chi connectivity index (χ3n) is 2.96. The monoisotopic (exact) mass is 315 g/mol. The van der Waals surface area contributed by atoms with Gasteiger partial charge in [0.05, 0.1) is 11.1 Å². The summed E-state index contributed by atoms with van der Waals surface area (Å²) in [6.07, 6.45) is -0.343. The third kappa shape index (κ3) is 4.11. The van der Waals surface area contributed by atoms with E-state index in [-0.39, 0.29) is 17.0 Å². The first kappa shape index (κ1) is 16.1. The van der Waals surface area contributed by atoms with Gasteiger partial charge >= 0.3 is 0 Å². The number of carbonyl (C=O) groups excluding carboxylic acids is 1. The van der Waals surface area contributed by atoms with Gasteiger partial charge in [-0.25, -0.2) is 5.43 Å². The molecule has 23 heavy (non-hydrogen) atoms. The van der Waals surface area contributed by atoms with E-state index < -0.39 is 16.9 Å². The van der Waals surface area contributed by atoms with E-state index in [1.807, 2.05) is 0 Å². The van der Waals surface area contributed by atoms with Gasteiger partial charge in [0.15, 0.2) is 6.10 Å². The number of hydrogen-bond donors (Lipinski definition) is 3. The molecule has 0 spiro atoms. The van der Waals surface area contributed by atoms with E-state index in [9.17, 15) is 25.1 Å². The van der Waals surface area contributed by atoms with Gasteiger partial charge in [0.25, 0.3) is 11.6 Å². The molecule has 8 heteroatoms. The standard InChI is InChI=1S/C15H13N3O5/c19-13-7-6-12(18(22)23)8-11(13)9-16-17-15(21)14(20)10-4-2-1-3-5-10/h1-9,14,19-20H,(H,17,21)/b16-9+. The number of carbonyl (C=O) groups is 1. The maximum absolute atomic E-state index is 11.7. The van der Waals surface area contributed by atoms with E-state index in [0.717, 1.165) is 24.4 Å². The lowest BCUT2D eigenvalue weighted by molar-refractivity contribution is -0.384. The molecule has 1 atom stereocenters. The first-order chi connectivity index (χ1) is 11.0. The van der Waals surface area contributed by atoms with Gasteiger partial charge in [-0.2, -0.15) is 5.10 Å². The minimum Gasteiger partial charge on any atom is -0.507 e. The number of hydrogen-bond acceptors (Lipinski definition) is 6. The molecule has 1 unspecified atom stereocenters. The van der Waals surface area contributed by atoms with E-state index in [2.05, 4.69) is 10.5 Å². The lowest BCUT2D eigenvalue weighted by Crippen LogP contribution is -2.25. The Balaban J connectivity index is 2.05. The lowest BCUT2D eigenvalue weighted by atomic mass is 10.1. The van der Waals surface area contributed by atoms with E-state index in [0.29, 0.717) is 5.56 Å². The number of nitro benzene ring substituents is 1. The molecule has 0 saturated heterocycles. The normalized spacial score (nSPS) is 12.0. The largest absolute Gasteiger partial charge is 0.507 e. The van der Waals surface area contributed by atoms with Crippen LogP contribution in [0.4, 0.5) is 5.69 Å². The number of benzene rings is 2. The average Bonchev–Trinajstić information content (AvgIpc) is 2.56. The van der Waals surface area contributed by atoms with Crippen LogP contribution in [0.1, 0.15) is 17.2 Å². The van der Waals surface area contributed by atoms with Crippen LogP contribution in [0, 0.1) is 10.1 Å². The minimum atomic E-state index is -1.40. The Morgan fingerprint density at radius 1 is 1.26 bits per heavy atom. The van der Waals surface area contributed by atoms with Crippen molar-refractivity contribution >= 4 is 17.8 Å². The number of aromatic hydroxyl groups is 1. The number of phenolic OH excluding ortho intramolecular Hbond substituents is 1. The van der Waals surface area contributed by atoms with E-state index >= 15 is 0 Å². The highest BCUT2D eigenvalue weighted by Gasteiger charge is 2.16. The van der Waals surface area contributed by atoms with Crippen molar-refractivity contribution in [2.75, 3.05) is 0 Å². The molecule has 2 aromatic rings. The summed E-state index contributed by atoms with van der Waals surface area (Å²) >= 11 is 0. The smallest absolute Gasteiger partial charge is 0.273 e. The van der Waals surface area contributed by atoms with Crippen LogP contribution >= 0.6 is 0 Å². The zero-order valence-electron chi connectivity index (χ0n) is 11.8. The van der Waals surface area contributed by atoms with E-state index in [1.54, 1.807) is 30.3 Å². The first-order valence-electron chi connectivity index (χ1n) is 6.52. The Morgan fingerprint density at radius 3 is 2.61 bits per heavy atom. The number of nitrogens with zero attached hydrogens (tertiary/aromatic N) is 2. The highest BCUT2D eigenvalue weighted by atomic mass is 16.6. The summed E-state index contributed by atoms with van der Waals surface area (Å²) in [7, 11) is 0. The fourth-order valence-electron chi connectivity index (χ4n) is 1.77. The average molecular weight is 315 g/mol. The summed E-state index contributed by atoms with van der Waals surface area (Å²) in [5, 5.41) is 33.7. The Hall–Kier alpha value is -3.26. The van der Waals surface area contributed by atoms with Crippen LogP contribution in [0.25, 0.3) is 0 Å². The molecule has 0 bridgehead atoms. The van der Waals surface area contributed by atoms with Crippen LogP contribution in [0.15, 0.2) is 53.6 Å². The molecule has 118 valence electrons. The predicted molar refractivity (Wildman–Crippen MR) is 81.9 cm³/mol. The zero-order valence-corrected chi connectivity index (χ0v) is 11.8. The fraction of sp³-hybridized carbons (Fsp3) is 0.0667. The summed E-state index contributed by atoms with van der Waals surface area (Å²) in [6, 6.07) is 11.7. The molecule has 2 rings (SSSR count). The molecule has 2 aromatic carbocycles. The molecule has 0 aliphatic carbocycles. The quantitative estimate of drug-likeness (QED) is 0.438. The van der Waals surface area contributed by atoms with Gasteiger partial charge in [-0.05, 0) is 11.6 Å². The van der Waals surface area contributed by atoms with Crippen molar-refractivity contribution in [3.63, 3.8) is 0 Å². The SMILES string of the molecule is O=C(N/N=C/c1cc([N+](=O)[O-])ccc1O)C(O)c1ccccc1. The zero-order chi connectivity index (χ0) is 16.8. The molecule has 1 amide bonds. The van der Waals surface area contributed by atoms with Gasteiger partial charge in [-0.15, -0.1) is 0 Å². The van der Waals surface area contributed by atoms with Crippen molar-refractivity contribution in [1.29, 1.82) is 0 Å². The van der Waals surface area contributed by atoms with Gasteiger partial charge in [0.1, 0.15) is 5.75 Å². The predicted octanol–water partition coefficient (Wildman–Crippen LogP) is 1.48. The number of nitro groups is 1. The number of rotatable bonds is 5. The van der Waals surface area contributed by atoms with E-state index in [1.165, 1.54) is 0 Å². The number of non-ortho nitro benzene ring substituents is 1. The van der Waals surface area contributed by atoms with Gasteiger partial charge in [0, 0.05) is 17.7 Å². The summed E-state index contributed by atoms with van der Waals surface area (Å²) in [6.45, 7) is 0. The maximum atomic E-state index is 11.7. The second kappa shape index (κ2) is 7.14.